The number of rotatable bonds is 11. The molecular formula is C46H46F2N12O5S. The van der Waals surface area contributed by atoms with Crippen molar-refractivity contribution < 1.29 is 33.1 Å². The lowest BCUT2D eigenvalue weighted by Gasteiger charge is -2.60. The summed E-state index contributed by atoms with van der Waals surface area (Å²) in [4.78, 5) is 70.1. The smallest absolute Gasteiger partial charge is 0.257 e. The summed E-state index contributed by atoms with van der Waals surface area (Å²) in [5.74, 6) is -1.55. The number of imide groups is 1. The second kappa shape index (κ2) is 16.3. The Morgan fingerprint density at radius 1 is 0.970 bits per heavy atom. The van der Waals surface area contributed by atoms with Crippen molar-refractivity contribution in [2.75, 3.05) is 59.7 Å². The lowest BCUT2D eigenvalue weighted by Crippen LogP contribution is -2.73. The molecule has 0 saturated carbocycles. The zero-order chi connectivity index (χ0) is 45.3. The summed E-state index contributed by atoms with van der Waals surface area (Å²) < 4.78 is 35.0. The first-order chi connectivity index (χ1) is 31.9. The standard InChI is InChI=1S/C46H46F2N12O5S/c47-31-18-29(5-7-32(31)52-33-8-10-36(61)53-42(33)63)56-15-11-46(65,12-16-56)19-37(62)59-24-45(25-59)22-58(23-45)35-9-4-27(20-50-35)30-6-3-28-21-60(55-39(28)38(30)48)41(43(64)54-44-49-13-17-66-44)40-34-2-1-14-57(34)26-51-40/h3-7,9,13,17-18,20-21,26,33,41,52,65H,1-2,8,10-12,14-16,19,22-25H2,(H,49,54,64)(H,53,61,63). The second-order valence-electron chi connectivity index (χ2n) is 18.3. The Labute approximate surface area is 380 Å². The number of carbonyl (C=O) groups is 4. The van der Waals surface area contributed by atoms with E-state index in [4.69, 9.17) is 0 Å². The van der Waals surface area contributed by atoms with E-state index in [1.807, 2.05) is 21.6 Å². The number of anilines is 4. The highest BCUT2D eigenvalue weighted by atomic mass is 32.1. The number of halogens is 2. The van der Waals surface area contributed by atoms with Crippen LogP contribution in [-0.4, -0.2) is 114 Å². The number of thiazole rings is 1. The van der Waals surface area contributed by atoms with Gasteiger partial charge in [0.25, 0.3) is 5.91 Å². The monoisotopic (exact) mass is 916 g/mol. The Balaban J connectivity index is 0.681. The minimum Gasteiger partial charge on any atom is -0.389 e. The van der Waals surface area contributed by atoms with Crippen LogP contribution in [-0.2, 0) is 32.1 Å². The predicted molar refractivity (Wildman–Crippen MR) is 241 cm³/mol. The number of aryl methyl sites for hydroxylation is 1. The summed E-state index contributed by atoms with van der Waals surface area (Å²) in [5, 5.41) is 26.9. The fourth-order valence-electron chi connectivity index (χ4n) is 10.2. The molecule has 2 aromatic carbocycles. The molecule has 1 spiro atoms. The molecule has 6 aromatic rings. The van der Waals surface area contributed by atoms with E-state index in [9.17, 15) is 24.3 Å². The van der Waals surface area contributed by atoms with Crippen LogP contribution in [0.15, 0.2) is 72.8 Å². The molecule has 2 atom stereocenters. The van der Waals surface area contributed by atoms with E-state index in [1.54, 1.807) is 59.5 Å². The maximum Gasteiger partial charge on any atom is 0.257 e. The van der Waals surface area contributed by atoms with Gasteiger partial charge < -0.3 is 29.7 Å². The molecule has 17 nitrogen and oxygen atoms in total. The van der Waals surface area contributed by atoms with Crippen molar-refractivity contribution in [2.45, 2.75) is 69.2 Å². The summed E-state index contributed by atoms with van der Waals surface area (Å²) in [6.45, 7) is 4.34. The number of nitrogens with zero attached hydrogens (tertiary/aromatic N) is 9. The molecule has 0 radical (unpaired) electrons. The zero-order valence-corrected chi connectivity index (χ0v) is 36.6. The number of pyridine rings is 1. The number of imidazole rings is 1. The number of fused-ring (bicyclic) bond motifs is 2. The lowest BCUT2D eigenvalue weighted by atomic mass is 9.72. The molecule has 4 N–H and O–H groups in total. The van der Waals surface area contributed by atoms with Crippen molar-refractivity contribution in [1.82, 2.24) is 39.5 Å². The summed E-state index contributed by atoms with van der Waals surface area (Å²) in [5.41, 5.74) is 2.21. The van der Waals surface area contributed by atoms with Gasteiger partial charge in [0, 0.05) is 110 Å². The Bertz CT molecular complexity index is 2880. The maximum absolute atomic E-state index is 16.3. The normalized spacial score (nSPS) is 20.2. The van der Waals surface area contributed by atoms with Crippen LogP contribution in [0.1, 0.15) is 56.0 Å². The number of carbonyl (C=O) groups excluding carboxylic acids is 4. The first kappa shape index (κ1) is 41.9. The summed E-state index contributed by atoms with van der Waals surface area (Å²) in [7, 11) is 0. The van der Waals surface area contributed by atoms with E-state index >= 15 is 8.78 Å². The van der Waals surface area contributed by atoms with Gasteiger partial charge in [-0.1, -0.05) is 12.1 Å². The number of hydrogen-bond acceptors (Lipinski definition) is 13. The molecule has 11 rings (SSSR count). The van der Waals surface area contributed by atoms with Crippen LogP contribution < -0.4 is 25.8 Å². The van der Waals surface area contributed by atoms with Gasteiger partial charge in [0.1, 0.15) is 23.2 Å². The van der Waals surface area contributed by atoms with Crippen LogP contribution in [0.3, 0.4) is 0 Å². The molecule has 4 saturated heterocycles. The predicted octanol–water partition coefficient (Wildman–Crippen LogP) is 4.49. The minimum atomic E-state index is -1.16. The number of hydrogen-bond donors (Lipinski definition) is 4. The van der Waals surface area contributed by atoms with E-state index in [1.165, 1.54) is 22.1 Å². The van der Waals surface area contributed by atoms with Crippen LogP contribution >= 0.6 is 11.3 Å². The summed E-state index contributed by atoms with van der Waals surface area (Å²) in [6, 6.07) is 10.3. The van der Waals surface area contributed by atoms with Gasteiger partial charge in [0.2, 0.25) is 17.7 Å². The van der Waals surface area contributed by atoms with E-state index in [0.717, 1.165) is 44.0 Å². The number of aromatic nitrogens is 6. The second-order valence-corrected chi connectivity index (χ2v) is 19.2. The number of likely N-dealkylation sites (tertiary alicyclic amines) is 1. The lowest BCUT2D eigenvalue weighted by molar-refractivity contribution is -0.151. The van der Waals surface area contributed by atoms with Crippen LogP contribution in [0.25, 0.3) is 22.0 Å². The van der Waals surface area contributed by atoms with Crippen molar-refractivity contribution in [3.8, 4) is 11.1 Å². The number of aliphatic hydroxyl groups is 1. The quantitative estimate of drug-likeness (QED) is 0.133. The van der Waals surface area contributed by atoms with E-state index in [0.29, 0.717) is 72.0 Å². The Hall–Kier alpha value is -6.80. The highest BCUT2D eigenvalue weighted by Gasteiger charge is 2.54. The van der Waals surface area contributed by atoms with Gasteiger partial charge in [0.05, 0.1) is 29.7 Å². The van der Waals surface area contributed by atoms with Gasteiger partial charge in [-0.05, 0) is 62.4 Å². The molecular weight excluding hydrogens is 871 g/mol. The molecule has 4 amide bonds. The Morgan fingerprint density at radius 3 is 2.55 bits per heavy atom. The minimum absolute atomic E-state index is 0.0188. The third-order valence-corrected chi connectivity index (χ3v) is 14.5. The number of benzene rings is 2. The number of piperidine rings is 2. The van der Waals surface area contributed by atoms with Crippen molar-refractivity contribution in [2.24, 2.45) is 5.41 Å². The summed E-state index contributed by atoms with van der Waals surface area (Å²) >= 11 is 1.31. The average molecular weight is 917 g/mol. The molecule has 4 aromatic heterocycles. The van der Waals surface area contributed by atoms with Crippen LogP contribution in [0.4, 0.5) is 31.1 Å². The van der Waals surface area contributed by atoms with Crippen LogP contribution in [0.5, 0.6) is 0 Å². The maximum atomic E-state index is 16.3. The Morgan fingerprint density at radius 2 is 1.80 bits per heavy atom. The number of amides is 4. The van der Waals surface area contributed by atoms with Crippen molar-refractivity contribution in [1.29, 1.82) is 0 Å². The average Bonchev–Trinajstić information content (AvgIpc) is 4.10. The third-order valence-electron chi connectivity index (χ3n) is 13.8. The molecule has 4 fully saturated rings. The molecule has 9 heterocycles. The molecule has 66 heavy (non-hydrogen) atoms. The van der Waals surface area contributed by atoms with Gasteiger partial charge >= 0.3 is 0 Å². The van der Waals surface area contributed by atoms with E-state index in [2.05, 4.69) is 40.9 Å². The highest BCUT2D eigenvalue weighted by molar-refractivity contribution is 7.13. The molecule has 2 unspecified atom stereocenters. The topological polar surface area (TPSA) is 196 Å². The third kappa shape index (κ3) is 7.70. The first-order valence-electron chi connectivity index (χ1n) is 22.2. The van der Waals surface area contributed by atoms with Crippen molar-refractivity contribution in [3.63, 3.8) is 0 Å². The zero-order valence-electron chi connectivity index (χ0n) is 35.8. The van der Waals surface area contributed by atoms with Gasteiger partial charge in [0.15, 0.2) is 17.0 Å². The van der Waals surface area contributed by atoms with E-state index < -0.39 is 35.2 Å². The fourth-order valence-corrected chi connectivity index (χ4v) is 10.7. The number of nitrogens with one attached hydrogen (secondary N) is 3. The van der Waals surface area contributed by atoms with Crippen LogP contribution in [0, 0.1) is 17.0 Å². The van der Waals surface area contributed by atoms with Gasteiger partial charge in [-0.25, -0.2) is 23.7 Å². The van der Waals surface area contributed by atoms with Crippen molar-refractivity contribution >= 4 is 68.2 Å². The Kier molecular flexibility index (Phi) is 10.3. The SMILES string of the molecule is O=C1CCC(Nc2ccc(N3CCC(O)(CC(=O)N4CC5(C4)CN(c4ccc(-c6ccc7cn(C(C(=O)Nc8nccs8)c8ncn9c8CCC9)nc7c6F)cn4)C5)CC3)cc2F)C(=O)N1. The largest absolute Gasteiger partial charge is 0.389 e. The van der Waals surface area contributed by atoms with Gasteiger partial charge in [-0.3, -0.25) is 34.5 Å². The molecule has 340 valence electrons. The molecule has 5 aliphatic heterocycles. The van der Waals surface area contributed by atoms with Gasteiger partial charge in [-0.2, -0.15) is 5.10 Å². The fraction of sp³-hybridized carbons (Fsp3) is 0.391. The molecule has 0 bridgehead atoms. The molecule has 0 aliphatic carbocycles. The van der Waals surface area contributed by atoms with Crippen molar-refractivity contribution in [3.05, 3.63) is 95.8 Å². The summed E-state index contributed by atoms with van der Waals surface area (Å²) in [6.07, 6.45) is 9.61. The molecule has 20 heteroatoms. The highest BCUT2D eigenvalue weighted by Crippen LogP contribution is 2.43. The first-order valence-corrected chi connectivity index (χ1v) is 23.1. The van der Waals surface area contributed by atoms with Gasteiger partial charge in [-0.15, -0.1) is 11.3 Å². The van der Waals surface area contributed by atoms with E-state index in [-0.39, 0.29) is 53.6 Å². The van der Waals surface area contributed by atoms with Crippen LogP contribution in [0.2, 0.25) is 0 Å². The molecule has 5 aliphatic rings.